The Hall–Kier alpha value is 0.0669. The van der Waals surface area contributed by atoms with Gasteiger partial charge >= 0.3 is 0 Å². The van der Waals surface area contributed by atoms with E-state index in [9.17, 15) is 4.79 Å². The summed E-state index contributed by atoms with van der Waals surface area (Å²) in [5.74, 6) is 0. The van der Waals surface area contributed by atoms with Crippen LogP contribution < -0.4 is 0 Å². The minimum atomic E-state index is -1.77. The second-order valence-corrected chi connectivity index (χ2v) is 11.6. The molecule has 0 amide bonds. The van der Waals surface area contributed by atoms with Gasteiger partial charge in [-0.25, -0.2) is 0 Å². The predicted molar refractivity (Wildman–Crippen MR) is 73.3 cm³/mol. The molecule has 16 heavy (non-hydrogen) atoms. The number of carbonyl (C=O) groups is 1. The third kappa shape index (κ3) is 2.84. The molecule has 0 saturated heterocycles. The summed E-state index contributed by atoms with van der Waals surface area (Å²) in [5.41, 5.74) is 0.810. The zero-order valence-electron chi connectivity index (χ0n) is 10.8. The second-order valence-electron chi connectivity index (χ2n) is 5.88. The van der Waals surface area contributed by atoms with Crippen LogP contribution in [0.3, 0.4) is 0 Å². The van der Waals surface area contributed by atoms with Gasteiger partial charge in [-0.2, -0.15) is 0 Å². The fraction of sp³-hybridized carbons (Fsp3) is 0.750. The first-order valence-electron chi connectivity index (χ1n) is 5.70. The highest BCUT2D eigenvalue weighted by Gasteiger charge is 2.41. The van der Waals surface area contributed by atoms with Crippen molar-refractivity contribution in [2.45, 2.75) is 57.8 Å². The summed E-state index contributed by atoms with van der Waals surface area (Å²) in [6, 6.07) is 0. The van der Waals surface area contributed by atoms with Crippen molar-refractivity contribution in [3.63, 3.8) is 0 Å². The van der Waals surface area contributed by atoms with Crippen LogP contribution in [0.4, 0.5) is 0 Å². The maximum Gasteiger partial charge on any atom is 0.192 e. The average molecular weight is 305 g/mol. The molecule has 0 aromatic rings. The molecule has 0 aromatic carbocycles. The minimum Gasteiger partial charge on any atom is -0.410 e. The van der Waals surface area contributed by atoms with Gasteiger partial charge < -0.3 is 4.43 Å². The van der Waals surface area contributed by atoms with Crippen LogP contribution in [0.5, 0.6) is 0 Å². The number of aldehydes is 1. The van der Waals surface area contributed by atoms with Crippen LogP contribution in [0.15, 0.2) is 10.1 Å². The van der Waals surface area contributed by atoms with Crippen LogP contribution in [0.1, 0.15) is 33.6 Å². The molecule has 1 rings (SSSR count). The summed E-state index contributed by atoms with van der Waals surface area (Å²) in [6.45, 7) is 11.1. The molecule has 0 N–H and O–H groups in total. The molecule has 92 valence electrons. The van der Waals surface area contributed by atoms with Crippen molar-refractivity contribution in [2.75, 3.05) is 0 Å². The van der Waals surface area contributed by atoms with Gasteiger partial charge in [0.2, 0.25) is 0 Å². The highest BCUT2D eigenvalue weighted by molar-refractivity contribution is 9.11. The van der Waals surface area contributed by atoms with Gasteiger partial charge in [0, 0.05) is 10.1 Å². The lowest BCUT2D eigenvalue weighted by atomic mass is 10.2. The molecule has 0 spiro atoms. The minimum absolute atomic E-state index is 0.00719. The standard InChI is InChI=1S/C12H21BrO2Si/c1-12(2,3)16(4,5)15-11-7-6-10(13)9(11)8-14/h8,11H,6-7H2,1-5H3. The second kappa shape index (κ2) is 4.74. The Morgan fingerprint density at radius 1 is 1.44 bits per heavy atom. The van der Waals surface area contributed by atoms with Gasteiger partial charge in [-0.05, 0) is 31.0 Å². The number of carbonyl (C=O) groups excluding carboxylic acids is 1. The van der Waals surface area contributed by atoms with E-state index in [0.29, 0.717) is 0 Å². The van der Waals surface area contributed by atoms with E-state index in [1.807, 2.05) is 0 Å². The summed E-state index contributed by atoms with van der Waals surface area (Å²) < 4.78 is 7.28. The molecule has 2 nitrogen and oxygen atoms in total. The highest BCUT2D eigenvalue weighted by atomic mass is 79.9. The first-order chi connectivity index (χ1) is 7.19. The highest BCUT2D eigenvalue weighted by Crippen LogP contribution is 2.41. The van der Waals surface area contributed by atoms with Gasteiger partial charge in [0.15, 0.2) is 8.32 Å². The predicted octanol–water partition coefficient (Wildman–Crippen LogP) is 4.02. The SMILES string of the molecule is CC(C)(C)[Si](C)(C)OC1CCC(Br)=C1C=O. The maximum absolute atomic E-state index is 11.0. The number of hydrogen-bond acceptors (Lipinski definition) is 2. The quantitative estimate of drug-likeness (QED) is 0.581. The van der Waals surface area contributed by atoms with E-state index >= 15 is 0 Å². The molecule has 1 aliphatic rings. The molecule has 4 heteroatoms. The van der Waals surface area contributed by atoms with Crippen molar-refractivity contribution in [1.29, 1.82) is 0 Å². The zero-order valence-corrected chi connectivity index (χ0v) is 13.3. The van der Waals surface area contributed by atoms with Gasteiger partial charge in [0.05, 0.1) is 6.10 Å². The maximum atomic E-state index is 11.0. The lowest BCUT2D eigenvalue weighted by Gasteiger charge is -2.38. The van der Waals surface area contributed by atoms with E-state index in [-0.39, 0.29) is 11.1 Å². The van der Waals surface area contributed by atoms with E-state index in [1.165, 1.54) is 0 Å². The topological polar surface area (TPSA) is 26.3 Å². The van der Waals surface area contributed by atoms with Crippen molar-refractivity contribution in [1.82, 2.24) is 0 Å². The van der Waals surface area contributed by atoms with E-state index in [2.05, 4.69) is 49.8 Å². The number of allylic oxidation sites excluding steroid dienone is 1. The molecule has 0 radical (unpaired) electrons. The van der Waals surface area contributed by atoms with Crippen LogP contribution in [0, 0.1) is 0 Å². The van der Waals surface area contributed by atoms with Gasteiger partial charge in [-0.15, -0.1) is 0 Å². The molecule has 1 aliphatic carbocycles. The summed E-state index contributed by atoms with van der Waals surface area (Å²) in [4.78, 5) is 11.0. The number of hydrogen-bond donors (Lipinski definition) is 0. The van der Waals surface area contributed by atoms with E-state index < -0.39 is 8.32 Å². The molecule has 0 fully saturated rings. The molecule has 0 saturated carbocycles. The largest absolute Gasteiger partial charge is 0.410 e. The average Bonchev–Trinajstić information content (AvgIpc) is 2.44. The summed E-state index contributed by atoms with van der Waals surface area (Å²) >= 11 is 3.45. The molecular weight excluding hydrogens is 284 g/mol. The van der Waals surface area contributed by atoms with Crippen molar-refractivity contribution < 1.29 is 9.22 Å². The molecular formula is C12H21BrO2Si. The van der Waals surface area contributed by atoms with Crippen LogP contribution in [-0.4, -0.2) is 20.7 Å². The Balaban J connectivity index is 2.80. The van der Waals surface area contributed by atoms with Crippen molar-refractivity contribution in [3.8, 4) is 0 Å². The van der Waals surface area contributed by atoms with E-state index in [0.717, 1.165) is 29.2 Å². The van der Waals surface area contributed by atoms with E-state index in [1.54, 1.807) is 0 Å². The van der Waals surface area contributed by atoms with Gasteiger partial charge in [-0.3, -0.25) is 4.79 Å². The van der Waals surface area contributed by atoms with Gasteiger partial charge in [0.25, 0.3) is 0 Å². The van der Waals surface area contributed by atoms with Gasteiger partial charge in [-0.1, -0.05) is 36.7 Å². The van der Waals surface area contributed by atoms with Crippen molar-refractivity contribution in [3.05, 3.63) is 10.1 Å². The zero-order chi connectivity index (χ0) is 12.6. The monoisotopic (exact) mass is 304 g/mol. The molecule has 0 aliphatic heterocycles. The molecule has 0 aromatic heterocycles. The summed E-state index contributed by atoms with van der Waals surface area (Å²) in [5, 5.41) is 0.191. The number of rotatable bonds is 3. The summed E-state index contributed by atoms with van der Waals surface area (Å²) in [7, 11) is -1.77. The molecule has 0 bridgehead atoms. The van der Waals surface area contributed by atoms with Gasteiger partial charge in [0.1, 0.15) is 6.29 Å². The molecule has 1 unspecified atom stereocenters. The lowest BCUT2D eigenvalue weighted by molar-refractivity contribution is -0.105. The van der Waals surface area contributed by atoms with Crippen LogP contribution in [0.2, 0.25) is 18.1 Å². The Morgan fingerprint density at radius 2 is 2.00 bits per heavy atom. The third-order valence-electron chi connectivity index (χ3n) is 3.66. The lowest BCUT2D eigenvalue weighted by Crippen LogP contribution is -2.44. The van der Waals surface area contributed by atoms with Crippen molar-refractivity contribution in [2.24, 2.45) is 0 Å². The Morgan fingerprint density at radius 3 is 2.44 bits per heavy atom. The fourth-order valence-corrected chi connectivity index (χ4v) is 3.41. The van der Waals surface area contributed by atoms with Crippen molar-refractivity contribution >= 4 is 30.5 Å². The summed E-state index contributed by atoms with van der Waals surface area (Å²) in [6.07, 6.45) is 2.80. The van der Waals surface area contributed by atoms with Crippen LogP contribution in [-0.2, 0) is 9.22 Å². The Bertz CT molecular complexity index is 315. The van der Waals surface area contributed by atoms with Crippen LogP contribution >= 0.6 is 15.9 Å². The van der Waals surface area contributed by atoms with Crippen LogP contribution in [0.25, 0.3) is 0 Å². The first kappa shape index (κ1) is 14.1. The van der Waals surface area contributed by atoms with E-state index in [4.69, 9.17) is 4.43 Å². The third-order valence-corrected chi connectivity index (χ3v) is 9.00. The first-order valence-corrected chi connectivity index (χ1v) is 9.40. The normalized spacial score (nSPS) is 22.8. The molecule has 0 heterocycles. The smallest absolute Gasteiger partial charge is 0.192 e. The molecule has 1 atom stereocenters. The Kier molecular flexibility index (Phi) is 4.19. The fourth-order valence-electron chi connectivity index (χ4n) is 1.53. The Labute approximate surface area is 108 Å². The number of halogens is 1.